The van der Waals surface area contributed by atoms with Crippen LogP contribution in [0.3, 0.4) is 0 Å². The Bertz CT molecular complexity index is 1280. The van der Waals surface area contributed by atoms with Crippen LogP contribution in [0.1, 0.15) is 29.8 Å². The first-order valence-corrected chi connectivity index (χ1v) is 9.91. The van der Waals surface area contributed by atoms with Crippen LogP contribution in [0.5, 0.6) is 0 Å². The van der Waals surface area contributed by atoms with E-state index in [1.165, 1.54) is 40.5 Å². The van der Waals surface area contributed by atoms with E-state index in [9.17, 15) is 13.9 Å². The molecule has 4 rings (SSSR count). The molecule has 0 fully saturated rings. The molecule has 0 spiro atoms. The molecular weight excluding hydrogens is 438 g/mol. The van der Waals surface area contributed by atoms with E-state index in [-0.39, 0.29) is 12.1 Å². The van der Waals surface area contributed by atoms with E-state index >= 15 is 0 Å². The molecule has 3 aromatic heterocycles. The van der Waals surface area contributed by atoms with Crippen LogP contribution in [0.4, 0.5) is 8.78 Å². The van der Waals surface area contributed by atoms with Gasteiger partial charge in [-0.1, -0.05) is 23.6 Å². The van der Waals surface area contributed by atoms with Crippen molar-refractivity contribution < 1.29 is 13.9 Å². The third-order valence-corrected chi connectivity index (χ3v) is 5.24. The van der Waals surface area contributed by atoms with Crippen molar-refractivity contribution in [3.63, 3.8) is 0 Å². The Labute approximate surface area is 187 Å². The van der Waals surface area contributed by atoms with Gasteiger partial charge in [-0.2, -0.15) is 10.2 Å². The quantitative estimate of drug-likeness (QED) is 0.468. The monoisotopic (exact) mass is 454 g/mol. The maximum absolute atomic E-state index is 14.7. The van der Waals surface area contributed by atoms with E-state index in [0.717, 1.165) is 12.1 Å². The lowest BCUT2D eigenvalue weighted by atomic mass is 9.86. The van der Waals surface area contributed by atoms with Gasteiger partial charge in [-0.3, -0.25) is 4.68 Å². The van der Waals surface area contributed by atoms with Gasteiger partial charge < -0.3 is 5.11 Å². The molecule has 4 aromatic rings. The Hall–Kier alpha value is -3.61. The summed E-state index contributed by atoms with van der Waals surface area (Å²) in [6.45, 7) is 1.54. The molecule has 1 aromatic carbocycles. The number of aromatic nitrogens is 6. The minimum atomic E-state index is -1.82. The van der Waals surface area contributed by atoms with Crippen LogP contribution in [-0.4, -0.2) is 34.6 Å². The first kappa shape index (κ1) is 21.6. The molecule has 0 aliphatic rings. The van der Waals surface area contributed by atoms with E-state index < -0.39 is 23.3 Å². The average Bonchev–Trinajstić information content (AvgIpc) is 3.44. The van der Waals surface area contributed by atoms with Gasteiger partial charge in [0.2, 0.25) is 0 Å². The van der Waals surface area contributed by atoms with Crippen molar-refractivity contribution in [2.45, 2.75) is 25.1 Å². The number of halogens is 3. The molecule has 1 N–H and O–H groups in total. The Morgan fingerprint density at radius 2 is 2.00 bits per heavy atom. The molecule has 7 nitrogen and oxygen atoms in total. The highest BCUT2D eigenvalue weighted by Crippen LogP contribution is 2.36. The summed E-state index contributed by atoms with van der Waals surface area (Å²) in [6.07, 6.45) is 7.35. The van der Waals surface area contributed by atoms with Crippen molar-refractivity contribution >= 4 is 11.6 Å². The van der Waals surface area contributed by atoms with E-state index in [2.05, 4.69) is 32.0 Å². The second kappa shape index (κ2) is 8.86. The van der Waals surface area contributed by atoms with Crippen LogP contribution in [0, 0.1) is 23.5 Å². The number of hydrogen-bond donors (Lipinski definition) is 1. The van der Waals surface area contributed by atoms with Crippen molar-refractivity contribution in [1.29, 1.82) is 0 Å². The van der Waals surface area contributed by atoms with Gasteiger partial charge >= 0.3 is 0 Å². The van der Waals surface area contributed by atoms with Gasteiger partial charge in [0.25, 0.3) is 0 Å². The van der Waals surface area contributed by atoms with Gasteiger partial charge in [0.15, 0.2) is 0 Å². The van der Waals surface area contributed by atoms with Crippen LogP contribution in [0.15, 0.2) is 61.6 Å². The largest absolute Gasteiger partial charge is 0.381 e. The molecule has 32 heavy (non-hydrogen) atoms. The summed E-state index contributed by atoms with van der Waals surface area (Å²) in [7, 11) is 0. The number of benzene rings is 1. The normalized spacial score (nSPS) is 13.8. The lowest BCUT2D eigenvalue weighted by molar-refractivity contribution is -0.0369. The first-order chi connectivity index (χ1) is 15.3. The van der Waals surface area contributed by atoms with Gasteiger partial charge in [0.1, 0.15) is 35.6 Å². The lowest BCUT2D eigenvalue weighted by Crippen LogP contribution is -2.40. The van der Waals surface area contributed by atoms with Crippen molar-refractivity contribution in [1.82, 2.24) is 29.5 Å². The highest BCUT2D eigenvalue weighted by atomic mass is 35.5. The predicted molar refractivity (Wildman–Crippen MR) is 112 cm³/mol. The Balaban J connectivity index is 1.67. The Kier molecular flexibility index (Phi) is 5.99. The summed E-state index contributed by atoms with van der Waals surface area (Å²) in [6, 6.07) is 5.65. The average molecular weight is 455 g/mol. The number of pyridine rings is 1. The number of rotatable bonds is 5. The maximum Gasteiger partial charge on any atom is 0.137 e. The minimum Gasteiger partial charge on any atom is -0.381 e. The van der Waals surface area contributed by atoms with Crippen LogP contribution >= 0.6 is 11.6 Å². The van der Waals surface area contributed by atoms with E-state index in [1.807, 2.05) is 0 Å². The molecular formula is C22H17ClF2N6O. The molecule has 0 aliphatic heterocycles. The van der Waals surface area contributed by atoms with E-state index in [1.54, 1.807) is 25.3 Å². The van der Waals surface area contributed by atoms with Crippen LogP contribution < -0.4 is 0 Å². The fourth-order valence-electron chi connectivity index (χ4n) is 3.26. The molecule has 2 atom stereocenters. The molecule has 0 aliphatic carbocycles. The fraction of sp³-hybridized carbons (Fsp3) is 0.182. The van der Waals surface area contributed by atoms with E-state index in [0.29, 0.717) is 16.3 Å². The second-order valence-corrected chi connectivity index (χ2v) is 7.57. The molecule has 0 radical (unpaired) electrons. The van der Waals surface area contributed by atoms with E-state index in [4.69, 9.17) is 11.6 Å². The number of nitrogens with zero attached hydrogens (tertiary/aromatic N) is 6. The van der Waals surface area contributed by atoms with Crippen molar-refractivity contribution in [2.24, 2.45) is 0 Å². The zero-order valence-electron chi connectivity index (χ0n) is 16.8. The molecule has 0 bridgehead atoms. The van der Waals surface area contributed by atoms with Gasteiger partial charge in [-0.25, -0.2) is 23.4 Å². The summed E-state index contributed by atoms with van der Waals surface area (Å²) in [4.78, 5) is 7.98. The molecule has 10 heteroatoms. The summed E-state index contributed by atoms with van der Waals surface area (Å²) >= 11 is 5.83. The first-order valence-electron chi connectivity index (χ1n) is 9.53. The highest BCUT2D eigenvalue weighted by Gasteiger charge is 2.40. The molecule has 0 amide bonds. The van der Waals surface area contributed by atoms with Gasteiger partial charge in [-0.15, -0.1) is 0 Å². The standard InChI is InChI=1S/C22H17ClF2N6O/c1-15(31-11-16(9-28-31)2-5-19-6-3-17(23)10-27-19)22(32,12-30-14-26-13-29-30)20-7-4-18(24)8-21(20)25/h3-4,6-11,13-15,32H,12H2,1H3/t15-,22-/m1/s1. The topological polar surface area (TPSA) is 81.6 Å². The van der Waals surface area contributed by atoms with Crippen molar-refractivity contribution in [2.75, 3.05) is 0 Å². The number of hydrogen-bond acceptors (Lipinski definition) is 5. The zero-order chi connectivity index (χ0) is 22.7. The van der Waals surface area contributed by atoms with Gasteiger partial charge in [-0.05, 0) is 31.0 Å². The molecule has 0 saturated carbocycles. The molecule has 0 saturated heterocycles. The third-order valence-electron chi connectivity index (χ3n) is 5.02. The smallest absolute Gasteiger partial charge is 0.137 e. The summed E-state index contributed by atoms with van der Waals surface area (Å²) in [5, 5.41) is 20.4. The summed E-state index contributed by atoms with van der Waals surface area (Å²) < 4.78 is 31.0. The second-order valence-electron chi connectivity index (χ2n) is 7.14. The maximum atomic E-state index is 14.7. The fourth-order valence-corrected chi connectivity index (χ4v) is 3.38. The minimum absolute atomic E-state index is 0.0876. The van der Waals surface area contributed by atoms with Crippen molar-refractivity contribution in [3.05, 3.63) is 95.1 Å². The number of aliphatic hydroxyl groups is 1. The summed E-state index contributed by atoms with van der Waals surface area (Å²) in [5.41, 5.74) is -0.808. The molecule has 0 unspecified atom stereocenters. The van der Waals surface area contributed by atoms with Gasteiger partial charge in [0.05, 0.1) is 29.4 Å². The molecule has 3 heterocycles. The highest BCUT2D eigenvalue weighted by molar-refractivity contribution is 6.30. The lowest BCUT2D eigenvalue weighted by Gasteiger charge is -2.34. The van der Waals surface area contributed by atoms with Crippen molar-refractivity contribution in [3.8, 4) is 11.8 Å². The Morgan fingerprint density at radius 3 is 2.69 bits per heavy atom. The SMILES string of the molecule is C[C@@H](n1cc(C#Cc2ccc(Cl)cn2)cn1)[C@](O)(Cn1cncn1)c1ccc(F)cc1F. The third kappa shape index (κ3) is 4.51. The van der Waals surface area contributed by atoms with Gasteiger partial charge in [0, 0.05) is 24.0 Å². The van der Waals surface area contributed by atoms with Crippen LogP contribution in [0.25, 0.3) is 0 Å². The molecule has 162 valence electrons. The van der Waals surface area contributed by atoms with Crippen LogP contribution in [0.2, 0.25) is 5.02 Å². The Morgan fingerprint density at radius 1 is 1.16 bits per heavy atom. The summed E-state index contributed by atoms with van der Waals surface area (Å²) in [5.74, 6) is 4.23. The van der Waals surface area contributed by atoms with Crippen LogP contribution in [-0.2, 0) is 12.1 Å². The predicted octanol–water partition coefficient (Wildman–Crippen LogP) is 3.35. The zero-order valence-corrected chi connectivity index (χ0v) is 17.6.